The normalized spacial score (nSPS) is 21.9. The van der Waals surface area contributed by atoms with Gasteiger partial charge >= 0.3 is 0 Å². The summed E-state index contributed by atoms with van der Waals surface area (Å²) in [4.78, 5) is 15.3. The van der Waals surface area contributed by atoms with Gasteiger partial charge < -0.3 is 10.2 Å². The Morgan fingerprint density at radius 2 is 1.82 bits per heavy atom. The van der Waals surface area contributed by atoms with Gasteiger partial charge in [-0.2, -0.15) is 0 Å². The van der Waals surface area contributed by atoms with Gasteiger partial charge in [0.2, 0.25) is 5.91 Å². The number of halogens is 1. The van der Waals surface area contributed by atoms with Crippen molar-refractivity contribution in [1.29, 1.82) is 0 Å². The number of rotatable bonds is 6. The predicted octanol–water partition coefficient (Wildman–Crippen LogP) is 3.86. The van der Waals surface area contributed by atoms with Gasteiger partial charge in [-0.3, -0.25) is 4.79 Å². The number of carbonyl (C=O) groups is 1. The molecule has 0 spiro atoms. The predicted molar refractivity (Wildman–Crippen MR) is 95.5 cm³/mol. The fourth-order valence-electron chi connectivity index (χ4n) is 4.36. The van der Waals surface area contributed by atoms with Crippen molar-refractivity contribution >= 4 is 18.3 Å². The summed E-state index contributed by atoms with van der Waals surface area (Å²) in [6.45, 7) is 10.8. The molecule has 1 aliphatic carbocycles. The molecule has 3 nitrogen and oxygen atoms in total. The highest BCUT2D eigenvalue weighted by atomic mass is 35.5. The molecule has 1 N–H and O–H groups in total. The maximum absolute atomic E-state index is 13.1. The van der Waals surface area contributed by atoms with Crippen LogP contribution in [0.25, 0.3) is 0 Å². The van der Waals surface area contributed by atoms with Crippen molar-refractivity contribution in [3.8, 4) is 0 Å². The van der Waals surface area contributed by atoms with E-state index in [0.717, 1.165) is 51.4 Å². The Hall–Kier alpha value is -0.280. The largest absolute Gasteiger partial charge is 0.342 e. The van der Waals surface area contributed by atoms with Gasteiger partial charge in [0.05, 0.1) is 0 Å². The van der Waals surface area contributed by atoms with Crippen LogP contribution in [0.4, 0.5) is 0 Å². The van der Waals surface area contributed by atoms with Crippen molar-refractivity contribution in [3.63, 3.8) is 0 Å². The molecule has 0 aromatic carbocycles. The molecule has 0 aromatic rings. The molecule has 1 saturated carbocycles. The zero-order valence-electron chi connectivity index (χ0n) is 14.7. The summed E-state index contributed by atoms with van der Waals surface area (Å²) in [6.07, 6.45) is 8.18. The standard InChI is InChI=1S/C18H34N2O.ClH/c1-4-19-14-16-7-11-20(12-8-16)17(21)18(13-15(2)3)9-5-6-10-18;/h15-16,19H,4-14H2,1-3H3;1H. The van der Waals surface area contributed by atoms with E-state index in [4.69, 9.17) is 0 Å². The molecule has 130 valence electrons. The first-order chi connectivity index (χ1) is 10.1. The Balaban J connectivity index is 0.00000242. The highest BCUT2D eigenvalue weighted by Crippen LogP contribution is 2.45. The smallest absolute Gasteiger partial charge is 0.228 e. The molecule has 1 amide bonds. The number of hydrogen-bond donors (Lipinski definition) is 1. The van der Waals surface area contributed by atoms with Gasteiger partial charge in [0.25, 0.3) is 0 Å². The SMILES string of the molecule is CCNCC1CCN(C(=O)C2(CC(C)C)CCCC2)CC1.Cl. The van der Waals surface area contributed by atoms with E-state index in [1.807, 2.05) is 0 Å². The van der Waals surface area contributed by atoms with E-state index in [9.17, 15) is 4.79 Å². The first kappa shape index (κ1) is 19.8. The third-order valence-corrected chi connectivity index (χ3v) is 5.40. The van der Waals surface area contributed by atoms with Crippen LogP contribution in [0, 0.1) is 17.3 Å². The van der Waals surface area contributed by atoms with Crippen molar-refractivity contribution in [1.82, 2.24) is 10.2 Å². The summed E-state index contributed by atoms with van der Waals surface area (Å²) >= 11 is 0. The van der Waals surface area contributed by atoms with E-state index < -0.39 is 0 Å². The van der Waals surface area contributed by atoms with Crippen LogP contribution in [0.5, 0.6) is 0 Å². The number of carbonyl (C=O) groups excluding carboxylic acids is 1. The Kier molecular flexibility index (Phi) is 8.20. The summed E-state index contributed by atoms with van der Waals surface area (Å²) in [5, 5.41) is 3.45. The minimum atomic E-state index is -0.0112. The molecular formula is C18H35ClN2O. The molecule has 0 atom stereocenters. The number of likely N-dealkylation sites (tertiary alicyclic amines) is 1. The van der Waals surface area contributed by atoms with Crippen molar-refractivity contribution in [2.75, 3.05) is 26.2 Å². The molecular weight excluding hydrogens is 296 g/mol. The quantitative estimate of drug-likeness (QED) is 0.802. The monoisotopic (exact) mass is 330 g/mol. The lowest BCUT2D eigenvalue weighted by Gasteiger charge is -2.39. The first-order valence-corrected chi connectivity index (χ1v) is 9.07. The highest BCUT2D eigenvalue weighted by molar-refractivity contribution is 5.85. The maximum Gasteiger partial charge on any atom is 0.228 e. The van der Waals surface area contributed by atoms with Crippen LogP contribution in [0.2, 0.25) is 0 Å². The van der Waals surface area contributed by atoms with E-state index in [2.05, 4.69) is 31.0 Å². The third-order valence-electron chi connectivity index (χ3n) is 5.40. The molecule has 22 heavy (non-hydrogen) atoms. The maximum atomic E-state index is 13.1. The number of nitrogens with zero attached hydrogens (tertiary/aromatic N) is 1. The lowest BCUT2D eigenvalue weighted by Crippen LogP contribution is -2.47. The van der Waals surface area contributed by atoms with Gasteiger partial charge in [0.15, 0.2) is 0 Å². The van der Waals surface area contributed by atoms with Crippen LogP contribution in [0.1, 0.15) is 65.7 Å². The van der Waals surface area contributed by atoms with E-state index in [-0.39, 0.29) is 17.8 Å². The number of nitrogens with one attached hydrogen (secondary N) is 1. The van der Waals surface area contributed by atoms with Crippen LogP contribution in [-0.2, 0) is 4.79 Å². The number of hydrogen-bond acceptors (Lipinski definition) is 2. The minimum absolute atomic E-state index is 0. The molecule has 0 bridgehead atoms. The van der Waals surface area contributed by atoms with E-state index >= 15 is 0 Å². The van der Waals surface area contributed by atoms with E-state index in [0.29, 0.717) is 11.8 Å². The summed E-state index contributed by atoms with van der Waals surface area (Å²) < 4.78 is 0. The minimum Gasteiger partial charge on any atom is -0.342 e. The van der Waals surface area contributed by atoms with Crippen LogP contribution >= 0.6 is 12.4 Å². The van der Waals surface area contributed by atoms with E-state index in [1.54, 1.807) is 0 Å². The Morgan fingerprint density at radius 1 is 1.23 bits per heavy atom. The summed E-state index contributed by atoms with van der Waals surface area (Å²) in [7, 11) is 0. The molecule has 2 aliphatic rings. The second-order valence-corrected chi connectivity index (χ2v) is 7.63. The number of piperidine rings is 1. The Morgan fingerprint density at radius 3 is 2.32 bits per heavy atom. The molecule has 1 heterocycles. The lowest BCUT2D eigenvalue weighted by atomic mass is 9.76. The van der Waals surface area contributed by atoms with Crippen molar-refractivity contribution in [2.24, 2.45) is 17.3 Å². The molecule has 4 heteroatoms. The van der Waals surface area contributed by atoms with Gasteiger partial charge in [-0.1, -0.05) is 33.6 Å². The van der Waals surface area contributed by atoms with Crippen LogP contribution in [0.3, 0.4) is 0 Å². The van der Waals surface area contributed by atoms with Crippen LogP contribution in [-0.4, -0.2) is 37.0 Å². The molecule has 1 aliphatic heterocycles. The van der Waals surface area contributed by atoms with Crippen molar-refractivity contribution in [3.05, 3.63) is 0 Å². The zero-order valence-corrected chi connectivity index (χ0v) is 15.5. The fourth-order valence-corrected chi connectivity index (χ4v) is 4.36. The van der Waals surface area contributed by atoms with Crippen LogP contribution in [0.15, 0.2) is 0 Å². The van der Waals surface area contributed by atoms with Gasteiger partial charge in [0.1, 0.15) is 0 Å². The number of amides is 1. The average molecular weight is 331 g/mol. The van der Waals surface area contributed by atoms with Gasteiger partial charge in [0, 0.05) is 18.5 Å². The third kappa shape index (κ3) is 4.86. The molecule has 2 fully saturated rings. The fraction of sp³-hybridized carbons (Fsp3) is 0.944. The summed E-state index contributed by atoms with van der Waals surface area (Å²) in [6, 6.07) is 0. The second-order valence-electron chi connectivity index (χ2n) is 7.63. The first-order valence-electron chi connectivity index (χ1n) is 9.07. The molecule has 2 rings (SSSR count). The van der Waals surface area contributed by atoms with Crippen molar-refractivity contribution in [2.45, 2.75) is 65.7 Å². The van der Waals surface area contributed by atoms with Gasteiger partial charge in [-0.15, -0.1) is 12.4 Å². The molecule has 0 unspecified atom stereocenters. The summed E-state index contributed by atoms with van der Waals surface area (Å²) in [5.74, 6) is 1.87. The highest BCUT2D eigenvalue weighted by Gasteiger charge is 2.44. The topological polar surface area (TPSA) is 32.3 Å². The van der Waals surface area contributed by atoms with Crippen LogP contribution < -0.4 is 5.32 Å². The van der Waals surface area contributed by atoms with Gasteiger partial charge in [-0.25, -0.2) is 0 Å². The van der Waals surface area contributed by atoms with E-state index in [1.165, 1.54) is 25.7 Å². The summed E-state index contributed by atoms with van der Waals surface area (Å²) in [5.41, 5.74) is -0.0112. The Labute approximate surface area is 143 Å². The van der Waals surface area contributed by atoms with Crippen molar-refractivity contribution < 1.29 is 4.79 Å². The molecule has 1 saturated heterocycles. The Bertz CT molecular complexity index is 332. The van der Waals surface area contributed by atoms with Gasteiger partial charge in [-0.05, 0) is 57.0 Å². The second kappa shape index (κ2) is 9.12. The molecule has 0 radical (unpaired) electrons. The average Bonchev–Trinajstić information content (AvgIpc) is 2.93. The lowest BCUT2D eigenvalue weighted by molar-refractivity contribution is -0.144. The molecule has 0 aromatic heterocycles. The zero-order chi connectivity index (χ0) is 15.3.